The second-order valence-corrected chi connectivity index (χ2v) is 9.28. The van der Waals surface area contributed by atoms with Gasteiger partial charge in [0.05, 0.1) is 23.5 Å². The number of ether oxygens (including phenoxy) is 3. The van der Waals surface area contributed by atoms with Crippen molar-refractivity contribution in [2.24, 2.45) is 0 Å². The third-order valence-corrected chi connectivity index (χ3v) is 6.59. The van der Waals surface area contributed by atoms with Gasteiger partial charge in [-0.05, 0) is 42.0 Å². The highest BCUT2D eigenvalue weighted by Gasteiger charge is 2.32. The van der Waals surface area contributed by atoms with Crippen molar-refractivity contribution in [3.63, 3.8) is 0 Å². The fourth-order valence-electron chi connectivity index (χ4n) is 3.42. The predicted octanol–water partition coefficient (Wildman–Crippen LogP) is 5.46. The van der Waals surface area contributed by atoms with E-state index in [0.29, 0.717) is 32.8 Å². The van der Waals surface area contributed by atoms with E-state index in [4.69, 9.17) is 26.4 Å². The maximum atomic E-state index is 13.1. The standard InChI is InChI=1S/C26H22N2O6S2/c1-32-21-8-10-22(11-9-21)33-13-14-34-23-12-7-20(28(30)31)15-19(23)16-24-25(29)27(26(35)36-24)17-18-5-3-2-4-6-18/h2-12,15-16H,13-14,17H2,1H3. The highest BCUT2D eigenvalue weighted by molar-refractivity contribution is 8.26. The van der Waals surface area contributed by atoms with E-state index in [1.54, 1.807) is 37.5 Å². The highest BCUT2D eigenvalue weighted by atomic mass is 32.2. The molecule has 0 atom stereocenters. The number of carbonyl (C=O) groups excluding carboxylic acids is 1. The first-order chi connectivity index (χ1) is 17.4. The van der Waals surface area contributed by atoms with Crippen LogP contribution in [-0.2, 0) is 11.3 Å². The quantitative estimate of drug-likeness (QED) is 0.114. The summed E-state index contributed by atoms with van der Waals surface area (Å²) in [4.78, 5) is 25.8. The summed E-state index contributed by atoms with van der Waals surface area (Å²) >= 11 is 6.58. The second-order valence-electron chi connectivity index (χ2n) is 7.61. The van der Waals surface area contributed by atoms with E-state index in [-0.39, 0.29) is 24.8 Å². The van der Waals surface area contributed by atoms with Gasteiger partial charge in [0.2, 0.25) is 0 Å². The Hall–Kier alpha value is -3.89. The monoisotopic (exact) mass is 522 g/mol. The van der Waals surface area contributed by atoms with Gasteiger partial charge in [0, 0.05) is 17.7 Å². The Morgan fingerprint density at radius 3 is 2.39 bits per heavy atom. The molecule has 184 valence electrons. The molecule has 0 radical (unpaired) electrons. The molecule has 0 N–H and O–H groups in total. The van der Waals surface area contributed by atoms with Gasteiger partial charge in [-0.15, -0.1) is 0 Å². The van der Waals surface area contributed by atoms with E-state index in [9.17, 15) is 14.9 Å². The first kappa shape index (κ1) is 25.2. The summed E-state index contributed by atoms with van der Waals surface area (Å²) in [5, 5.41) is 11.4. The summed E-state index contributed by atoms with van der Waals surface area (Å²) < 4.78 is 17.1. The van der Waals surface area contributed by atoms with Gasteiger partial charge in [-0.25, -0.2) is 0 Å². The van der Waals surface area contributed by atoms with Gasteiger partial charge in [0.25, 0.3) is 11.6 Å². The summed E-state index contributed by atoms with van der Waals surface area (Å²) in [6.07, 6.45) is 1.58. The van der Waals surface area contributed by atoms with Crippen LogP contribution in [0.1, 0.15) is 11.1 Å². The largest absolute Gasteiger partial charge is 0.497 e. The van der Waals surface area contributed by atoms with E-state index in [1.807, 2.05) is 30.3 Å². The number of amides is 1. The predicted molar refractivity (Wildman–Crippen MR) is 142 cm³/mol. The molecule has 1 aliphatic rings. The first-order valence-electron chi connectivity index (χ1n) is 10.9. The lowest BCUT2D eigenvalue weighted by atomic mass is 10.1. The lowest BCUT2D eigenvalue weighted by Gasteiger charge is -2.14. The van der Waals surface area contributed by atoms with Crippen LogP contribution in [0.25, 0.3) is 6.08 Å². The number of rotatable bonds is 10. The normalized spacial score (nSPS) is 14.2. The Morgan fingerprint density at radius 2 is 1.69 bits per heavy atom. The zero-order chi connectivity index (χ0) is 25.5. The topological polar surface area (TPSA) is 91.1 Å². The van der Waals surface area contributed by atoms with E-state index >= 15 is 0 Å². The molecule has 4 rings (SSSR count). The van der Waals surface area contributed by atoms with Crippen LogP contribution < -0.4 is 14.2 Å². The fourth-order valence-corrected chi connectivity index (χ4v) is 4.67. The van der Waals surface area contributed by atoms with Crippen molar-refractivity contribution in [1.29, 1.82) is 0 Å². The molecule has 0 unspecified atom stereocenters. The summed E-state index contributed by atoms with van der Waals surface area (Å²) in [5.74, 6) is 1.52. The molecular formula is C26H22N2O6S2. The van der Waals surface area contributed by atoms with Crippen molar-refractivity contribution in [2.75, 3.05) is 20.3 Å². The SMILES string of the molecule is COc1ccc(OCCOc2ccc([N+](=O)[O-])cc2C=C2SC(=S)N(Cc3ccccc3)C2=O)cc1. The van der Waals surface area contributed by atoms with Gasteiger partial charge in [0.1, 0.15) is 34.8 Å². The third kappa shape index (κ3) is 6.21. The number of thioether (sulfide) groups is 1. The van der Waals surface area contributed by atoms with E-state index < -0.39 is 4.92 Å². The highest BCUT2D eigenvalue weighted by Crippen LogP contribution is 2.36. The van der Waals surface area contributed by atoms with E-state index in [1.165, 1.54) is 23.1 Å². The molecule has 0 spiro atoms. The fraction of sp³-hybridized carbons (Fsp3) is 0.154. The van der Waals surface area contributed by atoms with Gasteiger partial charge >= 0.3 is 0 Å². The van der Waals surface area contributed by atoms with Gasteiger partial charge < -0.3 is 14.2 Å². The minimum Gasteiger partial charge on any atom is -0.497 e. The van der Waals surface area contributed by atoms with Crippen LogP contribution in [0.4, 0.5) is 5.69 Å². The summed E-state index contributed by atoms with van der Waals surface area (Å²) in [7, 11) is 1.59. The molecule has 1 saturated heterocycles. The van der Waals surface area contributed by atoms with E-state index in [2.05, 4.69) is 0 Å². The number of nitro groups is 1. The lowest BCUT2D eigenvalue weighted by Crippen LogP contribution is -2.27. The molecule has 1 fully saturated rings. The summed E-state index contributed by atoms with van der Waals surface area (Å²) in [6, 6.07) is 20.9. The average Bonchev–Trinajstić information content (AvgIpc) is 3.15. The van der Waals surface area contributed by atoms with Crippen LogP contribution in [0.15, 0.2) is 77.7 Å². The number of hydrogen-bond acceptors (Lipinski definition) is 8. The summed E-state index contributed by atoms with van der Waals surface area (Å²) in [6.45, 7) is 0.797. The number of benzene rings is 3. The van der Waals surface area contributed by atoms with Crippen LogP contribution in [0, 0.1) is 10.1 Å². The molecular weight excluding hydrogens is 500 g/mol. The van der Waals surface area contributed by atoms with Gasteiger partial charge in [-0.2, -0.15) is 0 Å². The molecule has 1 amide bonds. The smallest absolute Gasteiger partial charge is 0.270 e. The van der Waals surface area contributed by atoms with Crippen molar-refractivity contribution < 1.29 is 23.9 Å². The van der Waals surface area contributed by atoms with Crippen LogP contribution in [0.3, 0.4) is 0 Å². The third-order valence-electron chi connectivity index (χ3n) is 5.22. The number of nitro benzene ring substituents is 1. The van der Waals surface area contributed by atoms with Crippen molar-refractivity contribution >= 4 is 46.0 Å². The van der Waals surface area contributed by atoms with Crippen LogP contribution in [0.5, 0.6) is 17.2 Å². The molecule has 0 bridgehead atoms. The van der Waals surface area contributed by atoms with E-state index in [0.717, 1.165) is 23.1 Å². The Balaban J connectivity index is 1.47. The van der Waals surface area contributed by atoms with Gasteiger partial charge in [-0.3, -0.25) is 19.8 Å². The van der Waals surface area contributed by atoms with Gasteiger partial charge in [-0.1, -0.05) is 54.3 Å². The first-order valence-corrected chi connectivity index (χ1v) is 12.1. The maximum absolute atomic E-state index is 13.1. The Bertz CT molecular complexity index is 1300. The van der Waals surface area contributed by atoms with Crippen molar-refractivity contribution in [2.45, 2.75) is 6.54 Å². The minimum absolute atomic E-state index is 0.108. The Labute approximate surface area is 217 Å². The second kappa shape index (κ2) is 11.7. The molecule has 10 heteroatoms. The van der Waals surface area contributed by atoms with Crippen molar-refractivity contribution in [3.8, 4) is 17.2 Å². The molecule has 0 aromatic heterocycles. The number of non-ortho nitro benzene ring substituents is 1. The molecule has 1 aliphatic heterocycles. The number of methoxy groups -OCH3 is 1. The average molecular weight is 523 g/mol. The van der Waals surface area contributed by atoms with Gasteiger partial charge in [0.15, 0.2) is 0 Å². The molecule has 1 heterocycles. The molecule has 0 aliphatic carbocycles. The number of hydrogen-bond donors (Lipinski definition) is 0. The molecule has 36 heavy (non-hydrogen) atoms. The molecule has 8 nitrogen and oxygen atoms in total. The Morgan fingerprint density at radius 1 is 1.00 bits per heavy atom. The number of thiocarbonyl (C=S) groups is 1. The van der Waals surface area contributed by atoms with Crippen LogP contribution >= 0.6 is 24.0 Å². The minimum atomic E-state index is -0.492. The zero-order valence-electron chi connectivity index (χ0n) is 19.3. The number of carbonyl (C=O) groups is 1. The molecule has 3 aromatic carbocycles. The van der Waals surface area contributed by atoms with Crippen LogP contribution in [0.2, 0.25) is 0 Å². The summed E-state index contributed by atoms with van der Waals surface area (Å²) in [5.41, 5.74) is 1.25. The van der Waals surface area contributed by atoms with Crippen molar-refractivity contribution in [1.82, 2.24) is 4.90 Å². The zero-order valence-corrected chi connectivity index (χ0v) is 20.9. The molecule has 3 aromatic rings. The Kier molecular flexibility index (Phi) is 8.19. The molecule has 0 saturated carbocycles. The lowest BCUT2D eigenvalue weighted by molar-refractivity contribution is -0.384. The number of nitrogens with zero attached hydrogens (tertiary/aromatic N) is 2. The maximum Gasteiger partial charge on any atom is 0.270 e. The van der Waals surface area contributed by atoms with Crippen LogP contribution in [-0.4, -0.2) is 40.4 Å². The van der Waals surface area contributed by atoms with Crippen molar-refractivity contribution in [3.05, 3.63) is 98.9 Å².